The van der Waals surface area contributed by atoms with Gasteiger partial charge in [-0.05, 0) is 0 Å². The number of halogens is 6. The summed E-state index contributed by atoms with van der Waals surface area (Å²) in [7, 11) is 0. The quantitative estimate of drug-likeness (QED) is 0.522. The second-order valence-corrected chi connectivity index (χ2v) is 9.73. The Morgan fingerprint density at radius 1 is 0.800 bits per heavy atom. The molecule has 1 nitrogen and oxygen atoms in total. The van der Waals surface area contributed by atoms with Crippen molar-refractivity contribution >= 4 is 0 Å². The molecule has 0 aliphatic carbocycles. The maximum atomic E-state index is 11.2. The van der Waals surface area contributed by atoms with Gasteiger partial charge >= 0.3 is 60.4 Å². The van der Waals surface area contributed by atoms with Crippen LogP contribution in [-0.2, 0) is 23.0 Å². The third kappa shape index (κ3) is 3.03. The molecule has 0 aromatic rings. The molecule has 0 aromatic heterocycles. The van der Waals surface area contributed by atoms with Crippen LogP contribution in [0.25, 0.3) is 0 Å². The molecule has 0 heterocycles. The summed E-state index contributed by atoms with van der Waals surface area (Å²) in [5, 5.41) is 0. The van der Waals surface area contributed by atoms with Gasteiger partial charge in [-0.15, -0.1) is 0 Å². The molecule has 0 atom stereocenters. The third-order valence-electron chi connectivity index (χ3n) is 0.864. The molecular formula is C2H2CdF6N. The Kier molecular flexibility index (Phi) is 2.96. The van der Waals surface area contributed by atoms with Crippen molar-refractivity contribution in [2.45, 2.75) is 7.47 Å². The van der Waals surface area contributed by atoms with Gasteiger partial charge in [0.15, 0.2) is 0 Å². The van der Waals surface area contributed by atoms with Crippen molar-refractivity contribution in [3.8, 4) is 0 Å². The van der Waals surface area contributed by atoms with E-state index in [1.54, 1.807) is 0 Å². The number of hydrogen-bond donors (Lipinski definition) is 1. The molecule has 10 heavy (non-hydrogen) atoms. The Morgan fingerprint density at radius 3 is 1.00 bits per heavy atom. The van der Waals surface area contributed by atoms with Crippen LogP contribution >= 0.6 is 0 Å². The van der Waals surface area contributed by atoms with E-state index in [-0.39, 0.29) is 0 Å². The molecule has 0 amide bonds. The fraction of sp³-hybridized carbons (Fsp3) is 1.00. The van der Waals surface area contributed by atoms with Gasteiger partial charge in [0, 0.05) is 0 Å². The SMILES string of the molecule is [NH2][Cd]([C](F)(F)F)[C](F)(F)F. The first-order valence-corrected chi connectivity index (χ1v) is 8.62. The van der Waals surface area contributed by atoms with Crippen LogP contribution in [0.1, 0.15) is 0 Å². The van der Waals surface area contributed by atoms with E-state index in [1.165, 1.54) is 0 Å². The predicted octanol–water partition coefficient (Wildman–Crippen LogP) is 1.52. The Hall–Kier alpha value is 0.462. The molecule has 0 saturated heterocycles. The van der Waals surface area contributed by atoms with Crippen LogP contribution in [-0.4, -0.2) is 7.47 Å². The Morgan fingerprint density at radius 2 is 1.00 bits per heavy atom. The summed E-state index contributed by atoms with van der Waals surface area (Å²) >= 11 is -5.90. The Balaban J connectivity index is 4.23. The molecule has 59 valence electrons. The van der Waals surface area contributed by atoms with Crippen molar-refractivity contribution in [3.63, 3.8) is 0 Å². The minimum atomic E-state index is -5.90. The predicted molar refractivity (Wildman–Crippen MR) is 16.3 cm³/mol. The summed E-state index contributed by atoms with van der Waals surface area (Å²) in [5.74, 6) is 0. The molecule has 0 fully saturated rings. The maximum absolute atomic E-state index is 11.2. The zero-order valence-electron chi connectivity index (χ0n) is 4.55. The van der Waals surface area contributed by atoms with Gasteiger partial charge in [0.1, 0.15) is 0 Å². The van der Waals surface area contributed by atoms with Gasteiger partial charge < -0.3 is 0 Å². The van der Waals surface area contributed by atoms with Gasteiger partial charge in [0.2, 0.25) is 0 Å². The van der Waals surface area contributed by atoms with Crippen molar-refractivity contribution in [3.05, 3.63) is 0 Å². The summed E-state index contributed by atoms with van der Waals surface area (Å²) in [6.45, 7) is 0. The number of alkyl halides is 6. The van der Waals surface area contributed by atoms with E-state index < -0.39 is 30.5 Å². The number of rotatable bonds is 0. The molecule has 8 heteroatoms. The molecule has 0 aliphatic rings. The minimum absolute atomic E-state index is 4.00. The molecule has 0 rings (SSSR count). The average molecular weight is 266 g/mol. The Labute approximate surface area is 60.7 Å². The summed E-state index contributed by atoms with van der Waals surface area (Å²) in [5.41, 5.74) is 0. The van der Waals surface area contributed by atoms with E-state index in [2.05, 4.69) is 3.54 Å². The van der Waals surface area contributed by atoms with Crippen LogP contribution in [0.2, 0.25) is 0 Å². The first-order chi connectivity index (χ1) is 4.15. The molecule has 0 aromatic carbocycles. The topological polar surface area (TPSA) is 26.0 Å². The zero-order valence-corrected chi connectivity index (χ0v) is 8.59. The zero-order chi connectivity index (χ0) is 8.58. The molecule has 0 bridgehead atoms. The summed E-state index contributed by atoms with van der Waals surface area (Å²) < 4.78 is 60.8. The van der Waals surface area contributed by atoms with Crippen molar-refractivity contribution in [2.75, 3.05) is 0 Å². The van der Waals surface area contributed by atoms with Gasteiger partial charge in [-0.3, -0.25) is 0 Å². The molecule has 0 saturated carbocycles. The second-order valence-electron chi connectivity index (χ2n) is 1.82. The Bertz CT molecular complexity index is 99.9. The van der Waals surface area contributed by atoms with Crippen LogP contribution < -0.4 is 3.54 Å². The number of nitrogens with two attached hydrogens (primary N) is 1. The van der Waals surface area contributed by atoms with Gasteiger partial charge in [-0.1, -0.05) is 0 Å². The molecule has 0 spiro atoms. The molecule has 2 N–H and O–H groups in total. The van der Waals surface area contributed by atoms with Crippen molar-refractivity contribution in [1.82, 2.24) is 0 Å². The fourth-order valence-corrected chi connectivity index (χ4v) is 1.52. The van der Waals surface area contributed by atoms with E-state index in [1.807, 2.05) is 0 Å². The van der Waals surface area contributed by atoms with Crippen LogP contribution in [0.3, 0.4) is 0 Å². The average Bonchev–Trinajstić information content (AvgIpc) is 1.59. The van der Waals surface area contributed by atoms with Gasteiger partial charge in [-0.25, -0.2) is 0 Å². The normalized spacial score (nSPS) is 13.5. The summed E-state index contributed by atoms with van der Waals surface area (Å²) in [6.07, 6.45) is 0. The van der Waals surface area contributed by atoms with Crippen molar-refractivity contribution in [2.24, 2.45) is 3.54 Å². The second kappa shape index (κ2) is 2.83. The van der Waals surface area contributed by atoms with E-state index in [0.717, 1.165) is 0 Å². The summed E-state index contributed by atoms with van der Waals surface area (Å²) in [4.78, 5) is 0. The summed E-state index contributed by atoms with van der Waals surface area (Å²) in [6, 6.07) is 0. The van der Waals surface area contributed by atoms with Gasteiger partial charge in [-0.2, -0.15) is 0 Å². The van der Waals surface area contributed by atoms with Gasteiger partial charge in [0.25, 0.3) is 0 Å². The molecule has 0 unspecified atom stereocenters. The third-order valence-corrected chi connectivity index (χ3v) is 5.79. The van der Waals surface area contributed by atoms with Crippen LogP contribution in [0, 0.1) is 0 Å². The first-order valence-electron chi connectivity index (χ1n) is 2.25. The van der Waals surface area contributed by atoms with Crippen molar-refractivity contribution in [1.29, 1.82) is 0 Å². The van der Waals surface area contributed by atoms with Crippen molar-refractivity contribution < 1.29 is 49.3 Å². The van der Waals surface area contributed by atoms with Crippen LogP contribution in [0.15, 0.2) is 0 Å². The molecular weight excluding hydrogens is 264 g/mol. The first kappa shape index (κ1) is 10.5. The van der Waals surface area contributed by atoms with E-state index in [0.29, 0.717) is 0 Å². The number of hydrogen-bond acceptors (Lipinski definition) is 1. The van der Waals surface area contributed by atoms with Crippen LogP contribution in [0.4, 0.5) is 26.3 Å². The monoisotopic (exact) mass is 268 g/mol. The van der Waals surface area contributed by atoms with E-state index in [4.69, 9.17) is 0 Å². The molecule has 0 radical (unpaired) electrons. The van der Waals surface area contributed by atoms with E-state index in [9.17, 15) is 26.3 Å². The standard InChI is InChI=1S/2CF3.Cd.H2N/c2*2-1(3)4;;/h;;;1H2/q;;+1;-1. The van der Waals surface area contributed by atoms with Gasteiger partial charge in [0.05, 0.1) is 0 Å². The molecule has 0 aliphatic heterocycles. The fourth-order valence-electron chi connectivity index (χ4n) is 0.227. The van der Waals surface area contributed by atoms with Crippen LogP contribution in [0.5, 0.6) is 0 Å². The van der Waals surface area contributed by atoms with E-state index >= 15 is 0 Å².